The number of nitrogens with one attached hydrogen (secondary N) is 2. The lowest BCUT2D eigenvalue weighted by Gasteiger charge is -2.21. The first-order valence-corrected chi connectivity index (χ1v) is 8.67. The van der Waals surface area contributed by atoms with Crippen molar-refractivity contribution in [1.82, 2.24) is 9.97 Å². The molecule has 0 aromatic carbocycles. The number of aromatic nitrogens is 2. The molecular formula is C17H28N4. The van der Waals surface area contributed by atoms with Crippen LogP contribution in [0.5, 0.6) is 0 Å². The zero-order valence-electron chi connectivity index (χ0n) is 13.4. The second kappa shape index (κ2) is 6.63. The second-order valence-corrected chi connectivity index (χ2v) is 6.57. The van der Waals surface area contributed by atoms with Crippen LogP contribution in [0.3, 0.4) is 0 Å². The monoisotopic (exact) mass is 288 g/mol. The molecule has 2 fully saturated rings. The van der Waals surface area contributed by atoms with Crippen molar-refractivity contribution in [3.63, 3.8) is 0 Å². The number of anilines is 2. The van der Waals surface area contributed by atoms with Crippen LogP contribution in [-0.4, -0.2) is 22.6 Å². The maximum Gasteiger partial charge on any atom is 0.134 e. The molecule has 2 aliphatic carbocycles. The summed E-state index contributed by atoms with van der Waals surface area (Å²) < 4.78 is 0. The molecule has 1 aromatic heterocycles. The standard InChI is InChI=1S/C17H28N4/c1-3-5-14-16(18-10-4-2)19-11-20-17(14)21-15(12-6-7-12)13-8-9-13/h11-13,15H,3-10H2,1-2H3,(H2,18,19,20,21). The molecule has 0 atom stereocenters. The van der Waals surface area contributed by atoms with E-state index >= 15 is 0 Å². The van der Waals surface area contributed by atoms with Crippen molar-refractivity contribution in [2.45, 2.75) is 64.8 Å². The quantitative estimate of drug-likeness (QED) is 0.724. The first-order valence-electron chi connectivity index (χ1n) is 8.67. The molecule has 2 N–H and O–H groups in total. The van der Waals surface area contributed by atoms with E-state index in [4.69, 9.17) is 0 Å². The van der Waals surface area contributed by atoms with E-state index in [-0.39, 0.29) is 0 Å². The Morgan fingerprint density at radius 2 is 1.71 bits per heavy atom. The van der Waals surface area contributed by atoms with Crippen LogP contribution in [0, 0.1) is 11.8 Å². The lowest BCUT2D eigenvalue weighted by Crippen LogP contribution is -2.26. The van der Waals surface area contributed by atoms with Crippen molar-refractivity contribution in [3.05, 3.63) is 11.9 Å². The van der Waals surface area contributed by atoms with E-state index in [2.05, 4.69) is 34.4 Å². The van der Waals surface area contributed by atoms with Gasteiger partial charge in [-0.05, 0) is 50.4 Å². The van der Waals surface area contributed by atoms with E-state index in [1.165, 1.54) is 31.2 Å². The van der Waals surface area contributed by atoms with Crippen LogP contribution in [-0.2, 0) is 6.42 Å². The molecule has 2 saturated carbocycles. The van der Waals surface area contributed by atoms with Gasteiger partial charge >= 0.3 is 0 Å². The van der Waals surface area contributed by atoms with Crippen LogP contribution < -0.4 is 10.6 Å². The first kappa shape index (κ1) is 14.6. The van der Waals surface area contributed by atoms with Gasteiger partial charge in [0.25, 0.3) is 0 Å². The van der Waals surface area contributed by atoms with Gasteiger partial charge in [-0.25, -0.2) is 9.97 Å². The topological polar surface area (TPSA) is 49.8 Å². The lowest BCUT2D eigenvalue weighted by molar-refractivity contribution is 0.564. The highest BCUT2D eigenvalue weighted by molar-refractivity contribution is 5.58. The van der Waals surface area contributed by atoms with Crippen molar-refractivity contribution >= 4 is 11.6 Å². The molecule has 21 heavy (non-hydrogen) atoms. The third-order valence-electron chi connectivity index (χ3n) is 4.55. The predicted octanol–water partition coefficient (Wildman–Crippen LogP) is 3.85. The van der Waals surface area contributed by atoms with Crippen molar-refractivity contribution < 1.29 is 0 Å². The number of nitrogens with zero attached hydrogens (tertiary/aromatic N) is 2. The van der Waals surface area contributed by atoms with Gasteiger partial charge in [0, 0.05) is 18.2 Å². The maximum absolute atomic E-state index is 4.56. The predicted molar refractivity (Wildman–Crippen MR) is 87.7 cm³/mol. The molecule has 0 amide bonds. The summed E-state index contributed by atoms with van der Waals surface area (Å²) in [4.78, 5) is 9.03. The van der Waals surface area contributed by atoms with Gasteiger partial charge in [0.15, 0.2) is 0 Å². The fraction of sp³-hybridized carbons (Fsp3) is 0.765. The number of rotatable bonds is 9. The molecule has 4 heteroatoms. The van der Waals surface area contributed by atoms with Crippen LogP contribution in [0.4, 0.5) is 11.6 Å². The third-order valence-corrected chi connectivity index (χ3v) is 4.55. The molecule has 116 valence electrons. The Kier molecular flexibility index (Phi) is 4.61. The van der Waals surface area contributed by atoms with Gasteiger partial charge in [-0.1, -0.05) is 20.3 Å². The molecule has 0 radical (unpaired) electrons. The van der Waals surface area contributed by atoms with E-state index in [1.54, 1.807) is 6.33 Å². The van der Waals surface area contributed by atoms with Gasteiger partial charge in [0.05, 0.1) is 0 Å². The molecule has 0 bridgehead atoms. The summed E-state index contributed by atoms with van der Waals surface area (Å²) in [7, 11) is 0. The summed E-state index contributed by atoms with van der Waals surface area (Å²) in [6.07, 6.45) is 10.6. The summed E-state index contributed by atoms with van der Waals surface area (Å²) >= 11 is 0. The first-order chi connectivity index (χ1) is 10.3. The summed E-state index contributed by atoms with van der Waals surface area (Å²) in [6, 6.07) is 0.648. The highest BCUT2D eigenvalue weighted by atomic mass is 15.1. The Hall–Kier alpha value is -1.32. The third kappa shape index (κ3) is 3.66. The molecule has 0 spiro atoms. The van der Waals surface area contributed by atoms with E-state index in [0.29, 0.717) is 6.04 Å². The molecule has 1 aromatic rings. The normalized spacial score (nSPS) is 18.0. The van der Waals surface area contributed by atoms with E-state index < -0.39 is 0 Å². The SMILES string of the molecule is CCCNc1ncnc(NC(C2CC2)C2CC2)c1CCC. The molecule has 0 unspecified atom stereocenters. The Labute approximate surface area is 128 Å². The fourth-order valence-corrected chi connectivity index (χ4v) is 3.11. The lowest BCUT2D eigenvalue weighted by atomic mass is 10.1. The maximum atomic E-state index is 4.56. The molecule has 4 nitrogen and oxygen atoms in total. The highest BCUT2D eigenvalue weighted by Crippen LogP contribution is 2.46. The molecular weight excluding hydrogens is 260 g/mol. The van der Waals surface area contributed by atoms with Gasteiger partial charge in [-0.3, -0.25) is 0 Å². The van der Waals surface area contributed by atoms with E-state index in [0.717, 1.165) is 49.3 Å². The summed E-state index contributed by atoms with van der Waals surface area (Å²) in [5.41, 5.74) is 1.28. The summed E-state index contributed by atoms with van der Waals surface area (Å²) in [6.45, 7) is 5.38. The minimum atomic E-state index is 0.648. The Balaban J connectivity index is 1.78. The Bertz CT molecular complexity index is 454. The molecule has 2 aliphatic rings. The zero-order chi connectivity index (χ0) is 14.7. The fourth-order valence-electron chi connectivity index (χ4n) is 3.11. The zero-order valence-corrected chi connectivity index (χ0v) is 13.4. The highest BCUT2D eigenvalue weighted by Gasteiger charge is 2.41. The van der Waals surface area contributed by atoms with Crippen molar-refractivity contribution in [2.24, 2.45) is 11.8 Å². The van der Waals surface area contributed by atoms with Crippen LogP contribution in [0.2, 0.25) is 0 Å². The van der Waals surface area contributed by atoms with Gasteiger partial charge in [-0.15, -0.1) is 0 Å². The minimum absolute atomic E-state index is 0.648. The van der Waals surface area contributed by atoms with Gasteiger partial charge < -0.3 is 10.6 Å². The minimum Gasteiger partial charge on any atom is -0.370 e. The smallest absolute Gasteiger partial charge is 0.134 e. The Morgan fingerprint density at radius 3 is 2.29 bits per heavy atom. The molecule has 1 heterocycles. The van der Waals surface area contributed by atoms with Crippen LogP contribution in [0.1, 0.15) is 57.9 Å². The van der Waals surface area contributed by atoms with E-state index in [1.807, 2.05) is 0 Å². The van der Waals surface area contributed by atoms with Crippen LogP contribution in [0.25, 0.3) is 0 Å². The number of hydrogen-bond acceptors (Lipinski definition) is 4. The average Bonchev–Trinajstić information content (AvgIpc) is 3.38. The second-order valence-electron chi connectivity index (χ2n) is 6.57. The molecule has 3 rings (SSSR count). The van der Waals surface area contributed by atoms with Crippen molar-refractivity contribution in [1.29, 1.82) is 0 Å². The summed E-state index contributed by atoms with van der Waals surface area (Å²) in [5, 5.41) is 7.24. The van der Waals surface area contributed by atoms with E-state index in [9.17, 15) is 0 Å². The largest absolute Gasteiger partial charge is 0.370 e. The van der Waals surface area contributed by atoms with Crippen LogP contribution >= 0.6 is 0 Å². The van der Waals surface area contributed by atoms with Crippen molar-refractivity contribution in [3.8, 4) is 0 Å². The average molecular weight is 288 g/mol. The number of hydrogen-bond donors (Lipinski definition) is 2. The van der Waals surface area contributed by atoms with Gasteiger partial charge in [-0.2, -0.15) is 0 Å². The Morgan fingerprint density at radius 1 is 1.05 bits per heavy atom. The van der Waals surface area contributed by atoms with Gasteiger partial charge in [0.1, 0.15) is 18.0 Å². The van der Waals surface area contributed by atoms with Crippen molar-refractivity contribution in [2.75, 3.05) is 17.2 Å². The van der Waals surface area contributed by atoms with Crippen LogP contribution in [0.15, 0.2) is 6.33 Å². The summed E-state index contributed by atoms with van der Waals surface area (Å²) in [5.74, 6) is 3.87. The van der Waals surface area contributed by atoms with Gasteiger partial charge in [0.2, 0.25) is 0 Å². The molecule has 0 saturated heterocycles. The molecule has 0 aliphatic heterocycles.